The molecule has 146 valence electrons. The number of aliphatic carboxylic acids is 1. The number of alkyl halides is 1. The molecule has 3 nitrogen and oxygen atoms in total. The monoisotopic (exact) mass is 480 g/mol. The number of hydrogen-bond acceptors (Lipinski definition) is 2. The van der Waals surface area contributed by atoms with Crippen LogP contribution >= 0.6 is 22.6 Å². The van der Waals surface area contributed by atoms with Crippen LogP contribution in [0.25, 0.3) is 11.1 Å². The average Bonchev–Trinajstić information content (AvgIpc) is 2.57. The molecule has 0 unspecified atom stereocenters. The molecule has 1 N–H and O–H groups in total. The van der Waals surface area contributed by atoms with Gasteiger partial charge in [0.2, 0.25) is 0 Å². The van der Waals surface area contributed by atoms with Gasteiger partial charge in [-0.15, -0.1) is 0 Å². The van der Waals surface area contributed by atoms with Crippen molar-refractivity contribution in [2.45, 2.75) is 64.6 Å². The molecule has 0 aliphatic heterocycles. The van der Waals surface area contributed by atoms with Gasteiger partial charge < -0.3 is 9.84 Å². The minimum Gasteiger partial charge on any atom is -0.479 e. The molecule has 2 aromatic carbocycles. The van der Waals surface area contributed by atoms with Gasteiger partial charge in [0.25, 0.3) is 0 Å². The Morgan fingerprint density at radius 3 is 2.04 bits per heavy atom. The first-order valence-electron chi connectivity index (χ1n) is 9.14. The summed E-state index contributed by atoms with van der Waals surface area (Å²) in [6, 6.07) is 8.28. The predicted molar refractivity (Wildman–Crippen MR) is 120 cm³/mol. The number of hydrogen-bond donors (Lipinski definition) is 1. The summed E-state index contributed by atoms with van der Waals surface area (Å²) in [5.41, 5.74) is 7.96. The summed E-state index contributed by atoms with van der Waals surface area (Å²) in [7, 11) is 0. The first-order valence-corrected chi connectivity index (χ1v) is 10.7. The number of benzene rings is 2. The molecule has 0 bridgehead atoms. The second-order valence-corrected chi connectivity index (χ2v) is 8.85. The topological polar surface area (TPSA) is 46.5 Å². The molecule has 0 saturated heterocycles. The minimum atomic E-state index is -1.01. The SMILES string of the molecule is Cc1ccc(-c2c(C)c(CI)c(C)c(C)c2[C@H](OC(C)(C)C)C(=O)O)cc1. The Kier molecular flexibility index (Phi) is 6.74. The van der Waals surface area contributed by atoms with Gasteiger partial charge in [-0.3, -0.25) is 0 Å². The van der Waals surface area contributed by atoms with Gasteiger partial charge in [-0.1, -0.05) is 52.4 Å². The first-order chi connectivity index (χ1) is 12.5. The van der Waals surface area contributed by atoms with Crippen molar-refractivity contribution in [2.75, 3.05) is 0 Å². The van der Waals surface area contributed by atoms with Gasteiger partial charge in [0.1, 0.15) is 0 Å². The number of rotatable bonds is 5. The van der Waals surface area contributed by atoms with E-state index in [9.17, 15) is 9.90 Å². The zero-order chi connectivity index (χ0) is 20.5. The molecule has 0 aliphatic carbocycles. The second kappa shape index (κ2) is 8.31. The normalized spacial score (nSPS) is 12.9. The summed E-state index contributed by atoms with van der Waals surface area (Å²) < 4.78 is 6.92. The van der Waals surface area contributed by atoms with E-state index >= 15 is 0 Å². The van der Waals surface area contributed by atoms with Crippen molar-refractivity contribution in [3.63, 3.8) is 0 Å². The van der Waals surface area contributed by atoms with Crippen LogP contribution < -0.4 is 0 Å². The van der Waals surface area contributed by atoms with Crippen LogP contribution in [0.3, 0.4) is 0 Å². The van der Waals surface area contributed by atoms with Crippen molar-refractivity contribution in [2.24, 2.45) is 0 Å². The van der Waals surface area contributed by atoms with Crippen LogP contribution in [0.15, 0.2) is 24.3 Å². The van der Waals surface area contributed by atoms with E-state index in [4.69, 9.17) is 4.74 Å². The standard InChI is InChI=1S/C23H29IO3/c1-13-8-10-17(11-9-13)19-16(4)18(12-24)14(2)15(3)20(19)21(22(25)26)27-23(5,6)7/h8-11,21H,12H2,1-7H3,(H,25,26)/t21-/m0/s1. The molecule has 0 saturated carbocycles. The van der Waals surface area contributed by atoms with E-state index in [-0.39, 0.29) is 0 Å². The molecule has 0 aromatic heterocycles. The molecule has 27 heavy (non-hydrogen) atoms. The van der Waals surface area contributed by atoms with Crippen molar-refractivity contribution in [3.8, 4) is 11.1 Å². The van der Waals surface area contributed by atoms with Crippen LogP contribution in [-0.2, 0) is 14.0 Å². The van der Waals surface area contributed by atoms with Crippen LogP contribution in [0.4, 0.5) is 0 Å². The minimum absolute atomic E-state index is 0.566. The van der Waals surface area contributed by atoms with Gasteiger partial charge in [-0.2, -0.15) is 0 Å². The summed E-state index contributed by atoms with van der Waals surface area (Å²) >= 11 is 2.38. The van der Waals surface area contributed by atoms with Gasteiger partial charge >= 0.3 is 5.97 Å². The quantitative estimate of drug-likeness (QED) is 0.395. The highest BCUT2D eigenvalue weighted by atomic mass is 127. The summed E-state index contributed by atoms with van der Waals surface area (Å²) in [5.74, 6) is -0.956. The van der Waals surface area contributed by atoms with Gasteiger partial charge in [0.15, 0.2) is 6.10 Å². The lowest BCUT2D eigenvalue weighted by Gasteiger charge is -2.30. The molecular weight excluding hydrogens is 451 g/mol. The fourth-order valence-electron chi connectivity index (χ4n) is 3.46. The Morgan fingerprint density at radius 1 is 1.04 bits per heavy atom. The second-order valence-electron chi connectivity index (χ2n) is 8.09. The van der Waals surface area contributed by atoms with Gasteiger partial charge in [0.05, 0.1) is 5.60 Å². The fourth-order valence-corrected chi connectivity index (χ4v) is 4.60. The molecule has 0 amide bonds. The number of carbonyl (C=O) groups is 1. The molecular formula is C23H29IO3. The highest BCUT2D eigenvalue weighted by Crippen LogP contribution is 2.41. The summed E-state index contributed by atoms with van der Waals surface area (Å²) in [4.78, 5) is 12.2. The smallest absolute Gasteiger partial charge is 0.337 e. The van der Waals surface area contributed by atoms with Gasteiger partial charge in [0, 0.05) is 9.99 Å². The number of aryl methyl sites for hydroxylation is 1. The van der Waals surface area contributed by atoms with Crippen molar-refractivity contribution >= 4 is 28.6 Å². The van der Waals surface area contributed by atoms with Crippen LogP contribution in [-0.4, -0.2) is 16.7 Å². The molecule has 0 aliphatic rings. The van der Waals surface area contributed by atoms with E-state index in [0.717, 1.165) is 37.8 Å². The third kappa shape index (κ3) is 4.72. The third-order valence-electron chi connectivity index (χ3n) is 4.95. The van der Waals surface area contributed by atoms with E-state index in [1.54, 1.807) is 0 Å². The lowest BCUT2D eigenvalue weighted by atomic mass is 9.83. The Balaban J connectivity index is 2.89. The Labute approximate surface area is 176 Å². The zero-order valence-electron chi connectivity index (χ0n) is 17.2. The predicted octanol–water partition coefficient (Wildman–Crippen LogP) is 6.46. The maximum Gasteiger partial charge on any atom is 0.337 e. The maximum atomic E-state index is 12.2. The lowest BCUT2D eigenvalue weighted by molar-refractivity contribution is -0.160. The van der Waals surface area contributed by atoms with Crippen LogP contribution in [0.5, 0.6) is 0 Å². The van der Waals surface area contributed by atoms with E-state index in [1.165, 1.54) is 11.1 Å². The maximum absolute atomic E-state index is 12.2. The Hall–Kier alpha value is -1.40. The summed E-state index contributed by atoms with van der Waals surface area (Å²) in [6.07, 6.45) is -1.01. The largest absolute Gasteiger partial charge is 0.479 e. The van der Waals surface area contributed by atoms with Crippen molar-refractivity contribution in [3.05, 3.63) is 57.6 Å². The molecule has 2 aromatic rings. The number of ether oxygens (including phenoxy) is 1. The molecule has 0 fully saturated rings. The van der Waals surface area contributed by atoms with Crippen molar-refractivity contribution in [1.82, 2.24) is 0 Å². The highest BCUT2D eigenvalue weighted by molar-refractivity contribution is 14.1. The molecule has 0 heterocycles. The Morgan fingerprint density at radius 2 is 1.59 bits per heavy atom. The molecule has 2 rings (SSSR count). The molecule has 1 atom stereocenters. The lowest BCUT2D eigenvalue weighted by Crippen LogP contribution is -2.28. The number of carboxylic acids is 1. The van der Waals surface area contributed by atoms with Crippen LogP contribution in [0.1, 0.15) is 60.3 Å². The van der Waals surface area contributed by atoms with E-state index in [2.05, 4.69) is 67.6 Å². The zero-order valence-corrected chi connectivity index (χ0v) is 19.4. The van der Waals surface area contributed by atoms with Gasteiger partial charge in [-0.05, 0) is 81.8 Å². The number of carboxylic acid groups (broad SMARTS) is 1. The van der Waals surface area contributed by atoms with E-state index < -0.39 is 17.7 Å². The van der Waals surface area contributed by atoms with Crippen molar-refractivity contribution < 1.29 is 14.6 Å². The van der Waals surface area contributed by atoms with Crippen molar-refractivity contribution in [1.29, 1.82) is 0 Å². The summed E-state index contributed by atoms with van der Waals surface area (Å²) in [5, 5.41) is 10.0. The van der Waals surface area contributed by atoms with Crippen LogP contribution in [0, 0.1) is 27.7 Å². The van der Waals surface area contributed by atoms with Crippen LogP contribution in [0.2, 0.25) is 0 Å². The van der Waals surface area contributed by atoms with E-state index in [0.29, 0.717) is 0 Å². The molecule has 0 radical (unpaired) electrons. The highest BCUT2D eigenvalue weighted by Gasteiger charge is 2.32. The van der Waals surface area contributed by atoms with Gasteiger partial charge in [-0.25, -0.2) is 4.79 Å². The molecule has 4 heteroatoms. The first kappa shape index (κ1) is 21.9. The Bertz CT molecular complexity index is 846. The summed E-state index contributed by atoms with van der Waals surface area (Å²) in [6.45, 7) is 13.9. The van der Waals surface area contributed by atoms with E-state index in [1.807, 2.05) is 27.7 Å². The third-order valence-corrected chi connectivity index (χ3v) is 5.71. The fraction of sp³-hybridized carbons (Fsp3) is 0.435. The number of halogens is 1. The molecule has 0 spiro atoms. The average molecular weight is 480 g/mol.